The van der Waals surface area contributed by atoms with Crippen molar-refractivity contribution in [1.82, 2.24) is 15.0 Å². The molecule has 1 atom stereocenters. The van der Waals surface area contributed by atoms with Crippen LogP contribution in [0.25, 0.3) is 31.9 Å². The van der Waals surface area contributed by atoms with Gasteiger partial charge in [-0.15, -0.1) is 22.7 Å². The second kappa shape index (κ2) is 17.1. The van der Waals surface area contributed by atoms with E-state index in [0.717, 1.165) is 12.8 Å². The Labute approximate surface area is 253 Å². The fourth-order valence-electron chi connectivity index (χ4n) is 5.82. The molecule has 224 valence electrons. The van der Waals surface area contributed by atoms with Crippen LogP contribution in [0.2, 0.25) is 0 Å². The number of benzene rings is 1. The molecule has 1 aromatic carbocycles. The van der Waals surface area contributed by atoms with Crippen LogP contribution in [0.1, 0.15) is 117 Å². The highest BCUT2D eigenvalue weighted by molar-refractivity contribution is 7.14. The van der Waals surface area contributed by atoms with Crippen LogP contribution >= 0.6 is 22.7 Å². The number of thiophene rings is 2. The molecule has 3 aromatic heterocycles. The average molecular weight is 600 g/mol. The Balaban J connectivity index is 1.52. The van der Waals surface area contributed by atoms with Gasteiger partial charge in [-0.1, -0.05) is 116 Å². The molecule has 3 heterocycles. The molecule has 4 aromatic rings. The Bertz CT molecular complexity index is 1200. The molecule has 0 aliphatic heterocycles. The standard InChI is InChI=1S/C34H47F2N3S2/c1-3-5-7-9-11-12-14-16-20-26(19-15-13-10-8-6-4-2)25-39-37-33-29(27-21-17-23-40-27)31(35)32(36)30(34(33)38-39)28-22-18-24-41-28/h17-18,21-24,26H,3-16,19-20,25H2,1-2H3. The maximum atomic E-state index is 15.6. The van der Waals surface area contributed by atoms with Gasteiger partial charge in [-0.25, -0.2) is 8.78 Å². The highest BCUT2D eigenvalue weighted by Gasteiger charge is 2.27. The summed E-state index contributed by atoms with van der Waals surface area (Å²) in [5.41, 5.74) is 1.38. The second-order valence-electron chi connectivity index (χ2n) is 11.5. The van der Waals surface area contributed by atoms with Crippen LogP contribution in [-0.2, 0) is 6.54 Å². The molecule has 0 aliphatic carbocycles. The third-order valence-electron chi connectivity index (χ3n) is 8.15. The third kappa shape index (κ3) is 8.93. The molecule has 3 nitrogen and oxygen atoms in total. The molecule has 4 rings (SSSR count). The summed E-state index contributed by atoms with van der Waals surface area (Å²) in [5.74, 6) is -1.20. The lowest BCUT2D eigenvalue weighted by Gasteiger charge is -2.16. The average Bonchev–Trinajstić information content (AvgIpc) is 3.76. The van der Waals surface area contributed by atoms with E-state index in [1.165, 1.54) is 113 Å². The summed E-state index contributed by atoms with van der Waals surface area (Å²) in [6.45, 7) is 5.21. The van der Waals surface area contributed by atoms with E-state index in [1.807, 2.05) is 35.0 Å². The van der Waals surface area contributed by atoms with E-state index >= 15 is 8.78 Å². The number of nitrogens with zero attached hydrogens (tertiary/aromatic N) is 3. The Morgan fingerprint density at radius 3 is 1.44 bits per heavy atom. The summed E-state index contributed by atoms with van der Waals surface area (Å²) < 4.78 is 31.2. The lowest BCUT2D eigenvalue weighted by Crippen LogP contribution is -2.14. The molecule has 0 bridgehead atoms. The fourth-order valence-corrected chi connectivity index (χ4v) is 7.35. The molecule has 41 heavy (non-hydrogen) atoms. The Kier molecular flexibility index (Phi) is 13.3. The van der Waals surface area contributed by atoms with Crippen molar-refractivity contribution in [3.63, 3.8) is 0 Å². The molecule has 0 amide bonds. The molecule has 0 spiro atoms. The normalized spacial score (nSPS) is 12.5. The van der Waals surface area contributed by atoms with Gasteiger partial charge in [-0.3, -0.25) is 0 Å². The largest absolute Gasteiger partial charge is 0.203 e. The second-order valence-corrected chi connectivity index (χ2v) is 13.4. The van der Waals surface area contributed by atoms with Crippen LogP contribution in [0.5, 0.6) is 0 Å². The number of aromatic nitrogens is 3. The monoisotopic (exact) mass is 599 g/mol. The highest BCUT2D eigenvalue weighted by atomic mass is 32.1. The van der Waals surface area contributed by atoms with Crippen LogP contribution in [0.3, 0.4) is 0 Å². The van der Waals surface area contributed by atoms with Crippen molar-refractivity contribution in [2.24, 2.45) is 5.92 Å². The summed E-state index contributed by atoms with van der Waals surface area (Å²) in [6, 6.07) is 7.38. The van der Waals surface area contributed by atoms with Crippen molar-refractivity contribution in [3.8, 4) is 20.9 Å². The topological polar surface area (TPSA) is 30.7 Å². The van der Waals surface area contributed by atoms with E-state index in [4.69, 9.17) is 10.2 Å². The summed E-state index contributed by atoms with van der Waals surface area (Å²) in [5, 5.41) is 13.5. The van der Waals surface area contributed by atoms with Crippen LogP contribution in [-0.4, -0.2) is 15.0 Å². The van der Waals surface area contributed by atoms with E-state index in [0.29, 0.717) is 33.3 Å². The van der Waals surface area contributed by atoms with Gasteiger partial charge < -0.3 is 0 Å². The summed E-state index contributed by atoms with van der Waals surface area (Å²) in [4.78, 5) is 3.10. The maximum Gasteiger partial charge on any atom is 0.170 e. The number of hydrogen-bond donors (Lipinski definition) is 0. The van der Waals surface area contributed by atoms with Gasteiger partial charge in [-0.05, 0) is 41.7 Å². The molecular weight excluding hydrogens is 553 g/mol. The fraction of sp³-hybridized carbons (Fsp3) is 0.588. The molecule has 0 saturated heterocycles. The van der Waals surface area contributed by atoms with E-state index in [1.54, 1.807) is 4.80 Å². The minimum Gasteiger partial charge on any atom is -0.203 e. The van der Waals surface area contributed by atoms with Crippen molar-refractivity contribution in [2.45, 2.75) is 123 Å². The molecule has 1 unspecified atom stereocenters. The first-order valence-corrected chi connectivity index (χ1v) is 17.7. The zero-order chi connectivity index (χ0) is 28.9. The molecule has 0 aliphatic rings. The van der Waals surface area contributed by atoms with Gasteiger partial charge in [0.2, 0.25) is 0 Å². The Morgan fingerprint density at radius 1 is 0.634 bits per heavy atom. The third-order valence-corrected chi connectivity index (χ3v) is 9.92. The van der Waals surface area contributed by atoms with Crippen molar-refractivity contribution in [3.05, 3.63) is 46.7 Å². The van der Waals surface area contributed by atoms with E-state index in [2.05, 4.69) is 13.8 Å². The molecular formula is C34H47F2N3S2. The summed E-state index contributed by atoms with van der Waals surface area (Å²) >= 11 is 2.80. The van der Waals surface area contributed by atoms with Crippen LogP contribution < -0.4 is 0 Å². The number of unbranched alkanes of at least 4 members (excludes halogenated alkanes) is 12. The van der Waals surface area contributed by atoms with E-state index in [9.17, 15) is 0 Å². The lowest BCUT2D eigenvalue weighted by atomic mass is 9.94. The lowest BCUT2D eigenvalue weighted by molar-refractivity contribution is 0.326. The van der Waals surface area contributed by atoms with Crippen LogP contribution in [0, 0.1) is 17.6 Å². The number of halogens is 2. The predicted molar refractivity (Wildman–Crippen MR) is 173 cm³/mol. The molecule has 0 N–H and O–H groups in total. The SMILES string of the molecule is CCCCCCCCCCC(CCCCCCCC)Cn1nc2c(-c3cccs3)c(F)c(F)c(-c3cccs3)c2n1. The zero-order valence-electron chi connectivity index (χ0n) is 25.0. The van der Waals surface area contributed by atoms with E-state index < -0.39 is 11.6 Å². The zero-order valence-corrected chi connectivity index (χ0v) is 26.6. The molecule has 0 fully saturated rings. The van der Waals surface area contributed by atoms with Crippen LogP contribution in [0.15, 0.2) is 35.0 Å². The van der Waals surface area contributed by atoms with Crippen molar-refractivity contribution >= 4 is 33.7 Å². The smallest absolute Gasteiger partial charge is 0.170 e. The minimum atomic E-state index is -0.835. The first-order chi connectivity index (χ1) is 20.1. The van der Waals surface area contributed by atoms with Gasteiger partial charge in [0, 0.05) is 9.75 Å². The van der Waals surface area contributed by atoms with Gasteiger partial charge in [0.25, 0.3) is 0 Å². The highest BCUT2D eigenvalue weighted by Crippen LogP contribution is 2.41. The van der Waals surface area contributed by atoms with E-state index in [-0.39, 0.29) is 11.1 Å². The molecule has 7 heteroatoms. The first-order valence-electron chi connectivity index (χ1n) is 16.0. The number of fused-ring (bicyclic) bond motifs is 1. The van der Waals surface area contributed by atoms with Gasteiger partial charge >= 0.3 is 0 Å². The Morgan fingerprint density at radius 2 is 1.05 bits per heavy atom. The maximum absolute atomic E-state index is 15.6. The van der Waals surface area contributed by atoms with Crippen LogP contribution in [0.4, 0.5) is 8.78 Å². The van der Waals surface area contributed by atoms with Gasteiger partial charge in [-0.2, -0.15) is 15.0 Å². The minimum absolute atomic E-state index is 0.231. The van der Waals surface area contributed by atoms with Gasteiger partial charge in [0.1, 0.15) is 11.0 Å². The van der Waals surface area contributed by atoms with Crippen molar-refractivity contribution in [1.29, 1.82) is 0 Å². The Hall–Kier alpha value is -2.12. The predicted octanol–water partition coefficient (Wildman–Crippen LogP) is 12.1. The van der Waals surface area contributed by atoms with Gasteiger partial charge in [0.05, 0.1) is 17.7 Å². The summed E-state index contributed by atoms with van der Waals surface area (Å²) in [7, 11) is 0. The first kappa shape index (κ1) is 31.8. The molecule has 0 saturated carbocycles. The summed E-state index contributed by atoms with van der Waals surface area (Å²) in [6.07, 6.45) is 20.5. The number of rotatable bonds is 20. The van der Waals surface area contributed by atoms with Crippen molar-refractivity contribution in [2.75, 3.05) is 0 Å². The van der Waals surface area contributed by atoms with Gasteiger partial charge in [0.15, 0.2) is 11.6 Å². The number of hydrogen-bond acceptors (Lipinski definition) is 4. The van der Waals surface area contributed by atoms with Crippen molar-refractivity contribution < 1.29 is 8.78 Å². The molecule has 0 radical (unpaired) electrons. The quantitative estimate of drug-likeness (QED) is 0.0946.